The Morgan fingerprint density at radius 3 is 2.32 bits per heavy atom. The number of ether oxygens (including phenoxy) is 1. The van der Waals surface area contributed by atoms with Crippen LogP contribution in [0.2, 0.25) is 0 Å². The molecule has 0 aliphatic carbocycles. The molecule has 0 spiro atoms. The Labute approximate surface area is 163 Å². The molecule has 7 nitrogen and oxygen atoms in total. The van der Waals surface area contributed by atoms with E-state index in [0.717, 1.165) is 36.8 Å². The number of nitrogens with zero attached hydrogens (tertiary/aromatic N) is 2. The molecule has 2 aliphatic rings. The van der Waals surface area contributed by atoms with Crippen molar-refractivity contribution in [2.24, 2.45) is 0 Å². The van der Waals surface area contributed by atoms with Crippen molar-refractivity contribution in [3.8, 4) is 11.5 Å². The number of quaternary nitrogens is 1. The van der Waals surface area contributed by atoms with E-state index in [1.54, 1.807) is 30.3 Å². The van der Waals surface area contributed by atoms with Gasteiger partial charge in [0.05, 0.1) is 51.1 Å². The van der Waals surface area contributed by atoms with Gasteiger partial charge in [-0.2, -0.15) is 0 Å². The summed E-state index contributed by atoms with van der Waals surface area (Å²) in [6, 6.07) is 14.0. The minimum Gasteiger partial charge on any atom is -0.506 e. The number of methoxy groups -OCH3 is 1. The maximum atomic E-state index is 13.1. The fraction of sp³-hybridized carbons (Fsp3) is 0.333. The maximum Gasteiger partial charge on any atom is 0.292 e. The fourth-order valence-corrected chi connectivity index (χ4v) is 4.13. The van der Waals surface area contributed by atoms with E-state index >= 15 is 0 Å². The summed E-state index contributed by atoms with van der Waals surface area (Å²) in [7, 11) is 1.53. The quantitative estimate of drug-likeness (QED) is 0.751. The molecule has 2 saturated heterocycles. The normalized spacial score (nSPS) is 20.7. The highest BCUT2D eigenvalue weighted by Gasteiger charge is 2.47. The summed E-state index contributed by atoms with van der Waals surface area (Å²) < 4.78 is 5.33. The summed E-state index contributed by atoms with van der Waals surface area (Å²) >= 11 is 0. The van der Waals surface area contributed by atoms with Crippen molar-refractivity contribution in [2.75, 3.05) is 43.1 Å². The van der Waals surface area contributed by atoms with E-state index in [1.807, 2.05) is 18.2 Å². The Morgan fingerprint density at radius 2 is 1.64 bits per heavy atom. The molecule has 0 saturated carbocycles. The predicted octanol–water partition coefficient (Wildman–Crippen LogP) is 0.438. The molecule has 0 aromatic heterocycles. The van der Waals surface area contributed by atoms with Gasteiger partial charge in [-0.05, 0) is 24.3 Å². The van der Waals surface area contributed by atoms with Crippen LogP contribution in [0.1, 0.15) is 6.42 Å². The second-order valence-electron chi connectivity index (χ2n) is 7.13. The van der Waals surface area contributed by atoms with E-state index in [9.17, 15) is 14.7 Å². The fourth-order valence-electron chi connectivity index (χ4n) is 4.13. The number of hydrogen-bond donors (Lipinski definition) is 2. The van der Waals surface area contributed by atoms with Crippen LogP contribution < -0.4 is 19.4 Å². The molecule has 2 heterocycles. The highest BCUT2D eigenvalue weighted by Crippen LogP contribution is 2.31. The molecule has 0 unspecified atom stereocenters. The molecular formula is C21H24N3O4+. The third-order valence-electron chi connectivity index (χ3n) is 5.59. The van der Waals surface area contributed by atoms with Crippen molar-refractivity contribution >= 4 is 23.2 Å². The molecule has 146 valence electrons. The van der Waals surface area contributed by atoms with Crippen molar-refractivity contribution in [1.29, 1.82) is 0 Å². The zero-order valence-electron chi connectivity index (χ0n) is 15.8. The lowest BCUT2D eigenvalue weighted by atomic mass is 10.1. The predicted molar refractivity (Wildman–Crippen MR) is 105 cm³/mol. The van der Waals surface area contributed by atoms with Gasteiger partial charge in [0.1, 0.15) is 11.5 Å². The third kappa shape index (κ3) is 3.18. The summed E-state index contributed by atoms with van der Waals surface area (Å²) in [5, 5.41) is 10.1. The monoisotopic (exact) mass is 382 g/mol. The van der Waals surface area contributed by atoms with Crippen LogP contribution in [0.5, 0.6) is 11.5 Å². The first-order valence-electron chi connectivity index (χ1n) is 9.47. The van der Waals surface area contributed by atoms with Gasteiger partial charge in [0.25, 0.3) is 5.91 Å². The van der Waals surface area contributed by atoms with Crippen LogP contribution in [0, 0.1) is 0 Å². The highest BCUT2D eigenvalue weighted by molar-refractivity contribution is 6.22. The van der Waals surface area contributed by atoms with Crippen LogP contribution in [0.3, 0.4) is 0 Å². The first kappa shape index (κ1) is 18.3. The number of para-hydroxylation sites is 4. The SMILES string of the molecule is COc1ccccc1N1C(=O)C[C@H]([NH+]2CCN(c3ccccc3O)CC2)C1=O. The largest absolute Gasteiger partial charge is 0.506 e. The minimum absolute atomic E-state index is 0.166. The maximum absolute atomic E-state index is 13.1. The topological polar surface area (TPSA) is 74.5 Å². The molecule has 2 aromatic carbocycles. The van der Waals surface area contributed by atoms with Crippen molar-refractivity contribution in [3.63, 3.8) is 0 Å². The number of rotatable bonds is 4. The average molecular weight is 382 g/mol. The summed E-state index contributed by atoms with van der Waals surface area (Å²) in [5.74, 6) is 0.431. The number of piperazine rings is 1. The Bertz CT molecular complexity index is 893. The van der Waals surface area contributed by atoms with Crippen LogP contribution in [-0.2, 0) is 9.59 Å². The first-order chi connectivity index (χ1) is 13.6. The lowest BCUT2D eigenvalue weighted by molar-refractivity contribution is -0.915. The van der Waals surface area contributed by atoms with Crippen molar-refractivity contribution in [2.45, 2.75) is 12.5 Å². The molecule has 4 rings (SSSR count). The Hall–Kier alpha value is -3.06. The van der Waals surface area contributed by atoms with Crippen LogP contribution >= 0.6 is 0 Å². The van der Waals surface area contributed by atoms with Crippen molar-refractivity contribution in [3.05, 3.63) is 48.5 Å². The van der Waals surface area contributed by atoms with E-state index in [4.69, 9.17) is 4.74 Å². The van der Waals surface area contributed by atoms with Gasteiger partial charge in [-0.15, -0.1) is 0 Å². The molecule has 2 N–H and O–H groups in total. The number of hydrogen-bond acceptors (Lipinski definition) is 5. The summed E-state index contributed by atoms with van der Waals surface area (Å²) in [5.41, 5.74) is 1.32. The number of anilines is 2. The van der Waals surface area contributed by atoms with Gasteiger partial charge in [0, 0.05) is 0 Å². The highest BCUT2D eigenvalue weighted by atomic mass is 16.5. The summed E-state index contributed by atoms with van der Waals surface area (Å²) in [6.45, 7) is 2.91. The number of aromatic hydroxyl groups is 1. The number of phenolic OH excluding ortho intramolecular Hbond substituents is 1. The second kappa shape index (κ2) is 7.52. The van der Waals surface area contributed by atoms with E-state index < -0.39 is 0 Å². The number of phenols is 1. The number of carbonyl (C=O) groups excluding carboxylic acids is 2. The molecule has 2 aromatic rings. The van der Waals surface area contributed by atoms with Gasteiger partial charge in [-0.1, -0.05) is 24.3 Å². The van der Waals surface area contributed by atoms with E-state index in [-0.39, 0.29) is 30.0 Å². The minimum atomic E-state index is -0.371. The number of imide groups is 1. The molecule has 7 heteroatoms. The van der Waals surface area contributed by atoms with Crippen molar-refractivity contribution in [1.82, 2.24) is 0 Å². The van der Waals surface area contributed by atoms with Gasteiger partial charge in [-0.25, -0.2) is 4.90 Å². The number of carbonyl (C=O) groups is 2. The smallest absolute Gasteiger partial charge is 0.292 e. The van der Waals surface area contributed by atoms with Gasteiger partial charge >= 0.3 is 0 Å². The van der Waals surface area contributed by atoms with E-state index in [2.05, 4.69) is 4.90 Å². The lowest BCUT2D eigenvalue weighted by Crippen LogP contribution is -3.19. The molecule has 2 fully saturated rings. The van der Waals surface area contributed by atoms with Gasteiger partial charge < -0.3 is 19.6 Å². The van der Waals surface area contributed by atoms with E-state index in [0.29, 0.717) is 11.4 Å². The Morgan fingerprint density at radius 1 is 1.00 bits per heavy atom. The Balaban J connectivity index is 1.47. The lowest BCUT2D eigenvalue weighted by Gasteiger charge is -2.35. The zero-order chi connectivity index (χ0) is 19.7. The number of benzene rings is 2. The van der Waals surface area contributed by atoms with Gasteiger partial charge in [-0.3, -0.25) is 9.59 Å². The molecular weight excluding hydrogens is 358 g/mol. The third-order valence-corrected chi connectivity index (χ3v) is 5.59. The van der Waals surface area contributed by atoms with Gasteiger partial charge in [0.15, 0.2) is 6.04 Å². The second-order valence-corrected chi connectivity index (χ2v) is 7.13. The van der Waals surface area contributed by atoms with Crippen LogP contribution in [0.25, 0.3) is 0 Å². The molecule has 0 radical (unpaired) electrons. The molecule has 0 bridgehead atoms. The average Bonchev–Trinajstić information content (AvgIpc) is 3.02. The molecule has 2 aliphatic heterocycles. The zero-order valence-corrected chi connectivity index (χ0v) is 15.8. The standard InChI is InChI=1S/C21H23N3O4/c1-28-19-9-5-3-7-16(19)24-20(26)14-17(21(24)27)23-12-10-22(11-13-23)15-6-2-4-8-18(15)25/h2-9,17,25H,10-14H2,1H3/p+1/t17-/m0/s1. The van der Waals surface area contributed by atoms with Crippen LogP contribution in [0.4, 0.5) is 11.4 Å². The molecule has 28 heavy (non-hydrogen) atoms. The van der Waals surface area contributed by atoms with Crippen LogP contribution in [-0.4, -0.2) is 56.3 Å². The molecule has 2 amide bonds. The first-order valence-corrected chi connectivity index (χ1v) is 9.47. The molecule has 1 atom stereocenters. The van der Waals surface area contributed by atoms with Gasteiger partial charge in [0.2, 0.25) is 5.91 Å². The van der Waals surface area contributed by atoms with Crippen molar-refractivity contribution < 1.29 is 24.3 Å². The van der Waals surface area contributed by atoms with E-state index in [1.165, 1.54) is 12.0 Å². The van der Waals surface area contributed by atoms with Crippen LogP contribution in [0.15, 0.2) is 48.5 Å². The number of nitrogens with one attached hydrogen (secondary N) is 1. The number of amides is 2. The summed E-state index contributed by atoms with van der Waals surface area (Å²) in [6.07, 6.45) is 0.211. The summed E-state index contributed by atoms with van der Waals surface area (Å²) in [4.78, 5) is 30.2. The Kier molecular flexibility index (Phi) is 4.92.